The minimum absolute atomic E-state index is 0.195. The molecule has 17 heavy (non-hydrogen) atoms. The highest BCUT2D eigenvalue weighted by Gasteiger charge is 2.06. The highest BCUT2D eigenvalue weighted by Crippen LogP contribution is 2.28. The fourth-order valence-corrected chi connectivity index (χ4v) is 2.02. The van der Waals surface area contributed by atoms with Gasteiger partial charge in [0.2, 0.25) is 0 Å². The van der Waals surface area contributed by atoms with E-state index >= 15 is 0 Å². The summed E-state index contributed by atoms with van der Waals surface area (Å²) >= 11 is 0. The van der Waals surface area contributed by atoms with E-state index in [1.165, 1.54) is 11.6 Å². The van der Waals surface area contributed by atoms with Gasteiger partial charge in [-0.1, -0.05) is 18.2 Å². The molecule has 0 aliphatic rings. The van der Waals surface area contributed by atoms with Crippen LogP contribution in [0.4, 0.5) is 4.39 Å². The summed E-state index contributed by atoms with van der Waals surface area (Å²) in [5.41, 5.74) is 11.1. The molecule has 0 unspecified atom stereocenters. The van der Waals surface area contributed by atoms with Gasteiger partial charge < -0.3 is 5.73 Å². The highest BCUT2D eigenvalue weighted by molar-refractivity contribution is 5.71. The van der Waals surface area contributed by atoms with E-state index in [1.54, 1.807) is 6.07 Å². The molecule has 2 rings (SSSR count). The average Bonchev–Trinajstić information content (AvgIpc) is 2.30. The monoisotopic (exact) mass is 229 g/mol. The number of benzene rings is 2. The minimum atomic E-state index is -0.195. The minimum Gasteiger partial charge on any atom is -0.326 e. The van der Waals surface area contributed by atoms with Gasteiger partial charge >= 0.3 is 0 Å². The molecule has 1 nitrogen and oxygen atoms in total. The lowest BCUT2D eigenvalue weighted by Gasteiger charge is -2.11. The van der Waals surface area contributed by atoms with Crippen LogP contribution in [0.15, 0.2) is 36.4 Å². The second kappa shape index (κ2) is 4.68. The van der Waals surface area contributed by atoms with Crippen molar-refractivity contribution in [2.24, 2.45) is 5.73 Å². The number of hydrogen-bond acceptors (Lipinski definition) is 1. The van der Waals surface area contributed by atoms with Gasteiger partial charge in [0.05, 0.1) is 0 Å². The first kappa shape index (κ1) is 11.8. The van der Waals surface area contributed by atoms with E-state index < -0.39 is 0 Å². The molecule has 0 aliphatic carbocycles. The molecule has 2 N–H and O–H groups in total. The van der Waals surface area contributed by atoms with Crippen LogP contribution in [0.25, 0.3) is 11.1 Å². The van der Waals surface area contributed by atoms with Gasteiger partial charge in [-0.3, -0.25) is 0 Å². The van der Waals surface area contributed by atoms with E-state index in [9.17, 15) is 4.39 Å². The number of rotatable bonds is 2. The summed E-state index contributed by atoms with van der Waals surface area (Å²) in [4.78, 5) is 0. The Morgan fingerprint density at radius 1 is 0.941 bits per heavy atom. The predicted molar refractivity (Wildman–Crippen MR) is 69.2 cm³/mol. The summed E-state index contributed by atoms with van der Waals surface area (Å²) in [5, 5.41) is 0. The zero-order valence-corrected chi connectivity index (χ0v) is 10.1. The number of hydrogen-bond donors (Lipinski definition) is 1. The smallest absolute Gasteiger partial charge is 0.123 e. The van der Waals surface area contributed by atoms with Crippen LogP contribution in [0.3, 0.4) is 0 Å². The molecule has 0 amide bonds. The molecule has 88 valence electrons. The highest BCUT2D eigenvalue weighted by atomic mass is 19.1. The molecule has 0 saturated carbocycles. The molecule has 2 aromatic carbocycles. The van der Waals surface area contributed by atoms with E-state index in [0.717, 1.165) is 22.3 Å². The lowest BCUT2D eigenvalue weighted by Crippen LogP contribution is -1.97. The first-order valence-electron chi connectivity index (χ1n) is 5.68. The number of halogens is 1. The largest absolute Gasteiger partial charge is 0.326 e. The van der Waals surface area contributed by atoms with Crippen molar-refractivity contribution < 1.29 is 4.39 Å². The van der Waals surface area contributed by atoms with E-state index in [1.807, 2.05) is 19.1 Å². The molecule has 0 aromatic heterocycles. The van der Waals surface area contributed by atoms with Gasteiger partial charge in [0.15, 0.2) is 0 Å². The first-order chi connectivity index (χ1) is 8.11. The van der Waals surface area contributed by atoms with Crippen LogP contribution in [0, 0.1) is 19.7 Å². The molecule has 0 aliphatic heterocycles. The maximum absolute atomic E-state index is 13.1. The Kier molecular flexibility index (Phi) is 3.25. The standard InChI is InChI=1S/C15H16FN/c1-10-3-4-12(9-17)8-15(10)14-6-5-13(16)7-11(14)2/h3-8H,9,17H2,1-2H3. The third-order valence-corrected chi connectivity index (χ3v) is 3.02. The van der Waals surface area contributed by atoms with Gasteiger partial charge in [-0.2, -0.15) is 0 Å². The zero-order chi connectivity index (χ0) is 12.4. The summed E-state index contributed by atoms with van der Waals surface area (Å²) in [7, 11) is 0. The average molecular weight is 229 g/mol. The topological polar surface area (TPSA) is 26.0 Å². The third-order valence-electron chi connectivity index (χ3n) is 3.02. The van der Waals surface area contributed by atoms with E-state index in [0.29, 0.717) is 6.54 Å². The third kappa shape index (κ3) is 2.37. The van der Waals surface area contributed by atoms with Crippen LogP contribution in [0.1, 0.15) is 16.7 Å². The Hall–Kier alpha value is -1.67. The summed E-state index contributed by atoms with van der Waals surface area (Å²) in [5.74, 6) is -0.195. The fraction of sp³-hybridized carbons (Fsp3) is 0.200. The number of aryl methyl sites for hydroxylation is 2. The van der Waals surface area contributed by atoms with Crippen molar-refractivity contribution in [2.45, 2.75) is 20.4 Å². The van der Waals surface area contributed by atoms with Crippen LogP contribution in [0.2, 0.25) is 0 Å². The van der Waals surface area contributed by atoms with E-state index in [-0.39, 0.29) is 5.82 Å². The van der Waals surface area contributed by atoms with Crippen molar-refractivity contribution in [2.75, 3.05) is 0 Å². The molecule has 2 aromatic rings. The Labute approximate surface area is 101 Å². The molecule has 0 fully saturated rings. The van der Waals surface area contributed by atoms with Crippen LogP contribution in [-0.2, 0) is 6.54 Å². The summed E-state index contributed by atoms with van der Waals surface area (Å²) in [6.07, 6.45) is 0. The maximum Gasteiger partial charge on any atom is 0.123 e. The van der Waals surface area contributed by atoms with Gasteiger partial charge in [-0.15, -0.1) is 0 Å². The van der Waals surface area contributed by atoms with E-state index in [4.69, 9.17) is 5.73 Å². The molecule has 0 heterocycles. The van der Waals surface area contributed by atoms with Crippen LogP contribution >= 0.6 is 0 Å². The Morgan fingerprint density at radius 3 is 2.35 bits per heavy atom. The van der Waals surface area contributed by atoms with Crippen molar-refractivity contribution in [1.82, 2.24) is 0 Å². The van der Waals surface area contributed by atoms with Gasteiger partial charge in [-0.25, -0.2) is 4.39 Å². The molecule has 0 spiro atoms. The maximum atomic E-state index is 13.1. The van der Waals surface area contributed by atoms with Crippen LogP contribution < -0.4 is 5.73 Å². The second-order valence-electron chi connectivity index (χ2n) is 4.31. The zero-order valence-electron chi connectivity index (χ0n) is 10.1. The van der Waals surface area contributed by atoms with Crippen molar-refractivity contribution >= 4 is 0 Å². The van der Waals surface area contributed by atoms with E-state index in [2.05, 4.69) is 19.1 Å². The van der Waals surface area contributed by atoms with Crippen molar-refractivity contribution in [1.29, 1.82) is 0 Å². The predicted octanol–water partition coefficient (Wildman–Crippen LogP) is 3.57. The Bertz CT molecular complexity index is 547. The molecular formula is C15H16FN. The van der Waals surface area contributed by atoms with Gasteiger partial charge in [-0.05, 0) is 59.9 Å². The van der Waals surface area contributed by atoms with Crippen molar-refractivity contribution in [3.63, 3.8) is 0 Å². The summed E-state index contributed by atoms with van der Waals surface area (Å²) < 4.78 is 13.1. The molecule has 0 atom stereocenters. The second-order valence-corrected chi connectivity index (χ2v) is 4.31. The summed E-state index contributed by atoms with van der Waals surface area (Å²) in [6, 6.07) is 11.0. The molecular weight excluding hydrogens is 213 g/mol. The number of nitrogens with two attached hydrogens (primary N) is 1. The quantitative estimate of drug-likeness (QED) is 0.837. The Balaban J connectivity index is 2.59. The normalized spacial score (nSPS) is 10.6. The lowest BCUT2D eigenvalue weighted by atomic mass is 9.95. The lowest BCUT2D eigenvalue weighted by molar-refractivity contribution is 0.627. The molecule has 0 saturated heterocycles. The van der Waals surface area contributed by atoms with Crippen LogP contribution in [-0.4, -0.2) is 0 Å². The SMILES string of the molecule is Cc1cc(F)ccc1-c1cc(CN)ccc1C. The van der Waals surface area contributed by atoms with Crippen molar-refractivity contribution in [3.05, 3.63) is 58.9 Å². The molecule has 0 bridgehead atoms. The van der Waals surface area contributed by atoms with Gasteiger partial charge in [0, 0.05) is 6.54 Å². The van der Waals surface area contributed by atoms with Crippen molar-refractivity contribution in [3.8, 4) is 11.1 Å². The van der Waals surface area contributed by atoms with Gasteiger partial charge in [0.1, 0.15) is 5.82 Å². The van der Waals surface area contributed by atoms with Crippen LogP contribution in [0.5, 0.6) is 0 Å². The first-order valence-corrected chi connectivity index (χ1v) is 5.68. The molecule has 0 radical (unpaired) electrons. The van der Waals surface area contributed by atoms with Gasteiger partial charge in [0.25, 0.3) is 0 Å². The molecule has 2 heteroatoms. The summed E-state index contributed by atoms with van der Waals surface area (Å²) in [6.45, 7) is 4.50. The Morgan fingerprint density at radius 2 is 1.71 bits per heavy atom. The fourth-order valence-electron chi connectivity index (χ4n) is 2.02.